The van der Waals surface area contributed by atoms with Gasteiger partial charge in [-0.15, -0.1) is 0 Å². The SMILES string of the molecule is CCn1nc(-c2ccc(OC/C(=C\F)CN)cc2)nc1C1(F)CC1. The van der Waals surface area contributed by atoms with Gasteiger partial charge in [0.15, 0.2) is 17.3 Å². The Morgan fingerprint density at radius 3 is 2.62 bits per heavy atom. The predicted octanol–water partition coefficient (Wildman–Crippen LogP) is 3.11. The minimum Gasteiger partial charge on any atom is -0.489 e. The summed E-state index contributed by atoms with van der Waals surface area (Å²) in [4.78, 5) is 4.38. The maximum Gasteiger partial charge on any atom is 0.181 e. The summed E-state index contributed by atoms with van der Waals surface area (Å²) in [5.41, 5.74) is 5.22. The van der Waals surface area contributed by atoms with Crippen molar-refractivity contribution in [1.29, 1.82) is 0 Å². The third kappa shape index (κ3) is 3.31. The average Bonchev–Trinajstić information content (AvgIpc) is 3.21. The molecule has 2 N–H and O–H groups in total. The molecule has 0 spiro atoms. The fraction of sp³-hybridized carbons (Fsp3) is 0.412. The Balaban J connectivity index is 1.75. The highest BCUT2D eigenvalue weighted by molar-refractivity contribution is 5.56. The first-order chi connectivity index (χ1) is 11.6. The summed E-state index contributed by atoms with van der Waals surface area (Å²) < 4.78 is 33.9. The van der Waals surface area contributed by atoms with Gasteiger partial charge in [-0.3, -0.25) is 0 Å². The van der Waals surface area contributed by atoms with Gasteiger partial charge < -0.3 is 10.5 Å². The lowest BCUT2D eigenvalue weighted by atomic mass is 10.2. The molecular formula is C17H20F2N4O. The van der Waals surface area contributed by atoms with Crippen molar-refractivity contribution in [3.05, 3.63) is 42.0 Å². The van der Waals surface area contributed by atoms with Crippen LogP contribution in [0, 0.1) is 0 Å². The van der Waals surface area contributed by atoms with Gasteiger partial charge in [0.25, 0.3) is 0 Å². The van der Waals surface area contributed by atoms with Crippen LogP contribution in [0.3, 0.4) is 0 Å². The summed E-state index contributed by atoms with van der Waals surface area (Å²) >= 11 is 0. The molecule has 1 saturated carbocycles. The second kappa shape index (κ2) is 6.68. The number of hydrogen-bond acceptors (Lipinski definition) is 4. The summed E-state index contributed by atoms with van der Waals surface area (Å²) in [7, 11) is 0. The fourth-order valence-electron chi connectivity index (χ4n) is 2.36. The van der Waals surface area contributed by atoms with E-state index in [0.29, 0.717) is 48.7 Å². The number of hydrogen-bond donors (Lipinski definition) is 1. The van der Waals surface area contributed by atoms with Gasteiger partial charge in [-0.2, -0.15) is 5.10 Å². The quantitative estimate of drug-likeness (QED) is 0.845. The van der Waals surface area contributed by atoms with Gasteiger partial charge >= 0.3 is 0 Å². The van der Waals surface area contributed by atoms with E-state index in [1.807, 2.05) is 6.92 Å². The summed E-state index contributed by atoms with van der Waals surface area (Å²) in [6.07, 6.45) is 1.47. The number of aromatic nitrogens is 3. The maximum atomic E-state index is 14.3. The van der Waals surface area contributed by atoms with Gasteiger partial charge in [0.1, 0.15) is 12.4 Å². The van der Waals surface area contributed by atoms with E-state index in [-0.39, 0.29) is 13.2 Å². The van der Waals surface area contributed by atoms with Crippen LogP contribution >= 0.6 is 0 Å². The zero-order chi connectivity index (χ0) is 17.2. The van der Waals surface area contributed by atoms with Crippen LogP contribution in [0.15, 0.2) is 36.2 Å². The van der Waals surface area contributed by atoms with Gasteiger partial charge in [0.05, 0.1) is 6.33 Å². The molecule has 3 rings (SSSR count). The first kappa shape index (κ1) is 16.6. The van der Waals surface area contributed by atoms with E-state index in [0.717, 1.165) is 5.56 Å². The molecule has 2 aromatic rings. The van der Waals surface area contributed by atoms with E-state index in [4.69, 9.17) is 10.5 Å². The molecular weight excluding hydrogens is 314 g/mol. The minimum atomic E-state index is -1.32. The van der Waals surface area contributed by atoms with Crippen molar-refractivity contribution >= 4 is 0 Å². The number of halogens is 2. The molecule has 0 saturated heterocycles. The van der Waals surface area contributed by atoms with E-state index in [9.17, 15) is 8.78 Å². The molecule has 1 aliphatic rings. The van der Waals surface area contributed by atoms with Gasteiger partial charge in [-0.1, -0.05) is 0 Å². The monoisotopic (exact) mass is 334 g/mol. The standard InChI is InChI=1S/C17H20F2N4O/c1-2-23-16(17(19)7-8-17)21-15(22-23)13-3-5-14(6-4-13)24-11-12(9-18)10-20/h3-6,9H,2,7-8,10-11,20H2,1H3/b12-9-. The van der Waals surface area contributed by atoms with Crippen molar-refractivity contribution < 1.29 is 13.5 Å². The van der Waals surface area contributed by atoms with Crippen LogP contribution < -0.4 is 10.5 Å². The highest BCUT2D eigenvalue weighted by Gasteiger charge is 2.49. The summed E-state index contributed by atoms with van der Waals surface area (Å²) in [6.45, 7) is 2.70. The largest absolute Gasteiger partial charge is 0.489 e. The molecule has 0 atom stereocenters. The average molecular weight is 334 g/mol. The highest BCUT2D eigenvalue weighted by Crippen LogP contribution is 2.49. The fourth-order valence-corrected chi connectivity index (χ4v) is 2.36. The zero-order valence-electron chi connectivity index (χ0n) is 13.5. The number of aryl methyl sites for hydroxylation is 1. The highest BCUT2D eigenvalue weighted by atomic mass is 19.1. The molecule has 128 valence electrons. The van der Waals surface area contributed by atoms with E-state index in [1.165, 1.54) is 0 Å². The van der Waals surface area contributed by atoms with Gasteiger partial charge in [-0.25, -0.2) is 18.4 Å². The smallest absolute Gasteiger partial charge is 0.181 e. The van der Waals surface area contributed by atoms with Crippen LogP contribution in [0.5, 0.6) is 5.75 Å². The molecule has 24 heavy (non-hydrogen) atoms. The zero-order valence-corrected chi connectivity index (χ0v) is 13.5. The predicted molar refractivity (Wildman–Crippen MR) is 86.9 cm³/mol. The van der Waals surface area contributed by atoms with E-state index < -0.39 is 5.67 Å². The lowest BCUT2D eigenvalue weighted by Gasteiger charge is -2.07. The van der Waals surface area contributed by atoms with Crippen molar-refractivity contribution in [3.8, 4) is 17.1 Å². The molecule has 1 aliphatic carbocycles. The summed E-state index contributed by atoms with van der Waals surface area (Å²) in [5.74, 6) is 1.49. The van der Waals surface area contributed by atoms with Crippen molar-refractivity contribution in [1.82, 2.24) is 14.8 Å². The van der Waals surface area contributed by atoms with Crippen molar-refractivity contribution in [3.63, 3.8) is 0 Å². The maximum absolute atomic E-state index is 14.3. The Morgan fingerprint density at radius 2 is 2.08 bits per heavy atom. The van der Waals surface area contributed by atoms with Gasteiger partial charge in [0, 0.05) is 24.2 Å². The molecule has 0 aliphatic heterocycles. The first-order valence-electron chi connectivity index (χ1n) is 7.95. The third-order valence-electron chi connectivity index (χ3n) is 4.01. The Kier molecular flexibility index (Phi) is 4.62. The first-order valence-corrected chi connectivity index (χ1v) is 7.95. The van der Waals surface area contributed by atoms with Gasteiger partial charge in [0.2, 0.25) is 0 Å². The van der Waals surface area contributed by atoms with Crippen LogP contribution in [0.4, 0.5) is 8.78 Å². The molecule has 1 fully saturated rings. The number of alkyl halides is 1. The second-order valence-electron chi connectivity index (χ2n) is 5.82. The molecule has 0 unspecified atom stereocenters. The minimum absolute atomic E-state index is 0.101. The topological polar surface area (TPSA) is 66.0 Å². The van der Waals surface area contributed by atoms with Gasteiger partial charge in [-0.05, 0) is 44.0 Å². The van der Waals surface area contributed by atoms with E-state index in [2.05, 4.69) is 10.1 Å². The van der Waals surface area contributed by atoms with Crippen LogP contribution in [-0.4, -0.2) is 27.9 Å². The Hall–Kier alpha value is -2.28. The molecule has 0 bridgehead atoms. The number of nitrogens with zero attached hydrogens (tertiary/aromatic N) is 3. The summed E-state index contributed by atoms with van der Waals surface area (Å²) in [5, 5.41) is 4.39. The van der Waals surface area contributed by atoms with Crippen LogP contribution in [0.25, 0.3) is 11.4 Å². The Bertz CT molecular complexity index is 736. The number of rotatable bonds is 7. The van der Waals surface area contributed by atoms with Crippen molar-refractivity contribution in [2.45, 2.75) is 32.0 Å². The Labute approximate surface area is 139 Å². The van der Waals surface area contributed by atoms with E-state index in [1.54, 1.807) is 28.9 Å². The molecule has 7 heteroatoms. The third-order valence-corrected chi connectivity index (χ3v) is 4.01. The van der Waals surface area contributed by atoms with Crippen LogP contribution in [-0.2, 0) is 12.2 Å². The van der Waals surface area contributed by atoms with Crippen molar-refractivity contribution in [2.75, 3.05) is 13.2 Å². The molecule has 0 amide bonds. The normalized spacial score (nSPS) is 16.2. The number of nitrogens with two attached hydrogens (primary N) is 1. The lowest BCUT2D eigenvalue weighted by molar-refractivity contribution is 0.286. The molecule has 1 aromatic heterocycles. The van der Waals surface area contributed by atoms with E-state index >= 15 is 0 Å². The van der Waals surface area contributed by atoms with Crippen molar-refractivity contribution in [2.24, 2.45) is 5.73 Å². The molecule has 1 heterocycles. The Morgan fingerprint density at radius 1 is 1.38 bits per heavy atom. The number of benzene rings is 1. The second-order valence-corrected chi connectivity index (χ2v) is 5.82. The van der Waals surface area contributed by atoms with Crippen LogP contribution in [0.1, 0.15) is 25.6 Å². The lowest BCUT2D eigenvalue weighted by Crippen LogP contribution is -2.10. The summed E-state index contributed by atoms with van der Waals surface area (Å²) in [6, 6.07) is 7.09. The van der Waals surface area contributed by atoms with Crippen LogP contribution in [0.2, 0.25) is 0 Å². The molecule has 0 radical (unpaired) electrons. The molecule has 5 nitrogen and oxygen atoms in total. The molecule has 1 aromatic carbocycles. The number of ether oxygens (including phenoxy) is 1.